The number of rotatable bonds is 5. The van der Waals surface area contributed by atoms with Crippen molar-refractivity contribution in [2.45, 2.75) is 32.0 Å². The molecule has 0 radical (unpaired) electrons. The van der Waals surface area contributed by atoms with Crippen LogP contribution in [0.15, 0.2) is 12.4 Å². The summed E-state index contributed by atoms with van der Waals surface area (Å²) >= 11 is 0. The van der Waals surface area contributed by atoms with Crippen LogP contribution >= 0.6 is 0 Å². The van der Waals surface area contributed by atoms with Crippen LogP contribution in [0.2, 0.25) is 0 Å². The Morgan fingerprint density at radius 2 is 2.19 bits per heavy atom. The van der Waals surface area contributed by atoms with Crippen molar-refractivity contribution in [2.24, 2.45) is 7.05 Å². The largest absolute Gasteiger partial charge is 0.390 e. The molecular formula is C10H16F3N3. The minimum absolute atomic E-state index is 0.565. The molecule has 6 heteroatoms. The fourth-order valence-electron chi connectivity index (χ4n) is 1.48. The molecule has 0 aliphatic heterocycles. The third kappa shape index (κ3) is 4.22. The molecule has 0 aromatic carbocycles. The second kappa shape index (κ2) is 5.34. The summed E-state index contributed by atoms with van der Waals surface area (Å²) in [6.07, 6.45) is -1.15. The molecule has 0 saturated carbocycles. The maximum atomic E-state index is 12.4. The molecule has 1 aromatic rings. The first-order valence-electron chi connectivity index (χ1n) is 5.21. The Kier molecular flexibility index (Phi) is 4.35. The SMILES string of the molecule is CCCNC(CC(F)(F)F)c1cnn(C)c1. The highest BCUT2D eigenvalue weighted by Crippen LogP contribution is 2.29. The van der Waals surface area contributed by atoms with Crippen LogP contribution in [-0.4, -0.2) is 22.5 Å². The van der Waals surface area contributed by atoms with E-state index in [-0.39, 0.29) is 0 Å². The van der Waals surface area contributed by atoms with Gasteiger partial charge in [0.05, 0.1) is 12.6 Å². The Morgan fingerprint density at radius 1 is 1.50 bits per heavy atom. The van der Waals surface area contributed by atoms with E-state index in [2.05, 4.69) is 10.4 Å². The van der Waals surface area contributed by atoms with Gasteiger partial charge in [0.1, 0.15) is 0 Å². The Bertz CT molecular complexity index is 319. The maximum Gasteiger partial charge on any atom is 0.390 e. The van der Waals surface area contributed by atoms with Crippen molar-refractivity contribution in [3.8, 4) is 0 Å². The highest BCUT2D eigenvalue weighted by Gasteiger charge is 2.32. The van der Waals surface area contributed by atoms with Gasteiger partial charge in [-0.1, -0.05) is 6.92 Å². The second-order valence-corrected chi connectivity index (χ2v) is 3.77. The van der Waals surface area contributed by atoms with Crippen LogP contribution in [0.25, 0.3) is 0 Å². The van der Waals surface area contributed by atoms with E-state index in [0.29, 0.717) is 12.1 Å². The van der Waals surface area contributed by atoms with Crippen molar-refractivity contribution in [1.82, 2.24) is 15.1 Å². The van der Waals surface area contributed by atoms with Gasteiger partial charge < -0.3 is 5.32 Å². The van der Waals surface area contributed by atoms with Gasteiger partial charge in [-0.05, 0) is 13.0 Å². The molecule has 0 amide bonds. The predicted octanol–water partition coefficient (Wildman–Crippen LogP) is 2.41. The summed E-state index contributed by atoms with van der Waals surface area (Å²) in [6.45, 7) is 2.48. The first-order chi connectivity index (χ1) is 7.42. The van der Waals surface area contributed by atoms with E-state index in [1.54, 1.807) is 13.2 Å². The van der Waals surface area contributed by atoms with Gasteiger partial charge in [0.15, 0.2) is 0 Å². The van der Waals surface area contributed by atoms with E-state index in [1.165, 1.54) is 10.9 Å². The van der Waals surface area contributed by atoms with E-state index in [4.69, 9.17) is 0 Å². The van der Waals surface area contributed by atoms with E-state index in [1.807, 2.05) is 6.92 Å². The number of hydrogen-bond donors (Lipinski definition) is 1. The second-order valence-electron chi connectivity index (χ2n) is 3.77. The molecule has 0 aliphatic rings. The topological polar surface area (TPSA) is 29.9 Å². The van der Waals surface area contributed by atoms with E-state index < -0.39 is 18.6 Å². The van der Waals surface area contributed by atoms with Crippen molar-refractivity contribution in [3.05, 3.63) is 18.0 Å². The predicted molar refractivity (Wildman–Crippen MR) is 54.9 cm³/mol. The molecule has 16 heavy (non-hydrogen) atoms. The molecule has 0 aliphatic carbocycles. The lowest BCUT2D eigenvalue weighted by atomic mass is 10.1. The Morgan fingerprint density at radius 3 is 2.62 bits per heavy atom. The summed E-state index contributed by atoms with van der Waals surface area (Å²) in [6, 6.07) is -0.700. The summed E-state index contributed by atoms with van der Waals surface area (Å²) in [5, 5.41) is 6.77. The van der Waals surface area contributed by atoms with Crippen LogP contribution in [0, 0.1) is 0 Å². The fraction of sp³-hybridized carbons (Fsp3) is 0.700. The maximum absolute atomic E-state index is 12.4. The molecule has 1 atom stereocenters. The molecule has 0 bridgehead atoms. The summed E-state index contributed by atoms with van der Waals surface area (Å²) in [7, 11) is 1.69. The molecule has 1 N–H and O–H groups in total. The average molecular weight is 235 g/mol. The molecule has 0 spiro atoms. The number of nitrogens with one attached hydrogen (secondary N) is 1. The first-order valence-corrected chi connectivity index (χ1v) is 5.21. The van der Waals surface area contributed by atoms with Gasteiger partial charge in [-0.25, -0.2) is 0 Å². The monoisotopic (exact) mass is 235 g/mol. The quantitative estimate of drug-likeness (QED) is 0.849. The zero-order chi connectivity index (χ0) is 12.2. The van der Waals surface area contributed by atoms with E-state index in [9.17, 15) is 13.2 Å². The van der Waals surface area contributed by atoms with Crippen LogP contribution in [-0.2, 0) is 7.05 Å². The highest BCUT2D eigenvalue weighted by molar-refractivity contribution is 5.10. The standard InChI is InChI=1S/C10H16F3N3/c1-3-4-14-9(5-10(11,12)13)8-6-15-16(2)7-8/h6-7,9,14H,3-5H2,1-2H3. The van der Waals surface area contributed by atoms with Gasteiger partial charge in [-0.15, -0.1) is 0 Å². The van der Waals surface area contributed by atoms with E-state index in [0.717, 1.165) is 6.42 Å². The lowest BCUT2D eigenvalue weighted by molar-refractivity contribution is -0.140. The summed E-state index contributed by atoms with van der Waals surface area (Å²) in [4.78, 5) is 0. The number of nitrogens with zero attached hydrogens (tertiary/aromatic N) is 2. The fourth-order valence-corrected chi connectivity index (χ4v) is 1.48. The lowest BCUT2D eigenvalue weighted by Crippen LogP contribution is -2.27. The van der Waals surface area contributed by atoms with Gasteiger partial charge in [-0.3, -0.25) is 4.68 Å². The average Bonchev–Trinajstić information content (AvgIpc) is 2.57. The minimum Gasteiger partial charge on any atom is -0.310 e. The first kappa shape index (κ1) is 13.0. The minimum atomic E-state index is -4.17. The summed E-state index contributed by atoms with van der Waals surface area (Å²) in [5.74, 6) is 0. The van der Waals surface area contributed by atoms with Crippen molar-refractivity contribution >= 4 is 0 Å². The van der Waals surface area contributed by atoms with Crippen molar-refractivity contribution in [3.63, 3.8) is 0 Å². The van der Waals surface area contributed by atoms with Gasteiger partial charge in [0.25, 0.3) is 0 Å². The van der Waals surface area contributed by atoms with Crippen molar-refractivity contribution < 1.29 is 13.2 Å². The molecule has 1 aromatic heterocycles. The van der Waals surface area contributed by atoms with Gasteiger partial charge >= 0.3 is 6.18 Å². The van der Waals surface area contributed by atoms with Gasteiger partial charge in [0, 0.05) is 24.8 Å². The van der Waals surface area contributed by atoms with Crippen LogP contribution in [0.3, 0.4) is 0 Å². The Balaban J connectivity index is 2.71. The third-order valence-electron chi connectivity index (χ3n) is 2.20. The van der Waals surface area contributed by atoms with Crippen molar-refractivity contribution in [1.29, 1.82) is 0 Å². The molecule has 1 unspecified atom stereocenters. The Hall–Kier alpha value is -1.04. The zero-order valence-electron chi connectivity index (χ0n) is 9.38. The molecule has 0 fully saturated rings. The smallest absolute Gasteiger partial charge is 0.310 e. The molecular weight excluding hydrogens is 219 g/mol. The normalized spacial score (nSPS) is 14.1. The number of halogens is 3. The van der Waals surface area contributed by atoms with Crippen LogP contribution in [0.5, 0.6) is 0 Å². The van der Waals surface area contributed by atoms with Crippen LogP contribution < -0.4 is 5.32 Å². The van der Waals surface area contributed by atoms with Gasteiger partial charge in [0.2, 0.25) is 0 Å². The molecule has 92 valence electrons. The number of aryl methyl sites for hydroxylation is 1. The summed E-state index contributed by atoms with van der Waals surface area (Å²) in [5.41, 5.74) is 0.577. The zero-order valence-corrected chi connectivity index (χ0v) is 9.38. The summed E-state index contributed by atoms with van der Waals surface area (Å²) < 4.78 is 38.6. The number of hydrogen-bond acceptors (Lipinski definition) is 2. The third-order valence-corrected chi connectivity index (χ3v) is 2.20. The molecule has 3 nitrogen and oxygen atoms in total. The Labute approximate surface area is 92.6 Å². The molecule has 1 heterocycles. The van der Waals surface area contributed by atoms with Crippen LogP contribution in [0.1, 0.15) is 31.4 Å². The highest BCUT2D eigenvalue weighted by atomic mass is 19.4. The number of aromatic nitrogens is 2. The molecule has 1 rings (SSSR count). The lowest BCUT2D eigenvalue weighted by Gasteiger charge is -2.18. The van der Waals surface area contributed by atoms with Crippen molar-refractivity contribution in [2.75, 3.05) is 6.54 Å². The molecule has 0 saturated heterocycles. The number of alkyl halides is 3. The van der Waals surface area contributed by atoms with E-state index >= 15 is 0 Å². The van der Waals surface area contributed by atoms with Crippen LogP contribution in [0.4, 0.5) is 13.2 Å². The van der Waals surface area contributed by atoms with Gasteiger partial charge in [-0.2, -0.15) is 18.3 Å².